The van der Waals surface area contributed by atoms with Gasteiger partial charge in [0.15, 0.2) is 0 Å². The van der Waals surface area contributed by atoms with Crippen LogP contribution in [0.25, 0.3) is 16.6 Å². The van der Waals surface area contributed by atoms with E-state index in [2.05, 4.69) is 57.5 Å². The molecule has 5 heteroatoms. The molecule has 5 nitrogen and oxygen atoms in total. The van der Waals surface area contributed by atoms with Gasteiger partial charge in [-0.05, 0) is 30.5 Å². The first-order chi connectivity index (χ1) is 13.3. The third kappa shape index (κ3) is 2.97. The van der Waals surface area contributed by atoms with Crippen LogP contribution >= 0.6 is 0 Å². The zero-order chi connectivity index (χ0) is 18.2. The molecule has 1 saturated heterocycles. The lowest BCUT2D eigenvalue weighted by Crippen LogP contribution is -2.51. The number of piperazine rings is 1. The van der Waals surface area contributed by atoms with E-state index in [0.717, 1.165) is 44.5 Å². The van der Waals surface area contributed by atoms with Gasteiger partial charge in [-0.1, -0.05) is 36.8 Å². The number of aromatic nitrogens is 2. The number of benzene rings is 1. The summed E-state index contributed by atoms with van der Waals surface area (Å²) >= 11 is 0. The number of amides is 1. The second-order valence-corrected chi connectivity index (χ2v) is 7.58. The molecule has 2 fully saturated rings. The van der Waals surface area contributed by atoms with Crippen LogP contribution < -0.4 is 4.90 Å². The molecule has 0 atom stereocenters. The van der Waals surface area contributed by atoms with Gasteiger partial charge in [0, 0.05) is 50.1 Å². The maximum Gasteiger partial charge on any atom is 0.225 e. The van der Waals surface area contributed by atoms with Crippen molar-refractivity contribution in [1.29, 1.82) is 0 Å². The van der Waals surface area contributed by atoms with Gasteiger partial charge in [-0.15, -0.1) is 0 Å². The first-order valence-electron chi connectivity index (χ1n) is 9.86. The second kappa shape index (κ2) is 6.72. The number of carbonyl (C=O) groups excluding carboxylic acids is 1. The summed E-state index contributed by atoms with van der Waals surface area (Å²) in [4.78, 5) is 16.9. The van der Waals surface area contributed by atoms with E-state index in [4.69, 9.17) is 0 Å². The van der Waals surface area contributed by atoms with Crippen molar-refractivity contribution in [3.63, 3.8) is 0 Å². The van der Waals surface area contributed by atoms with E-state index in [0.29, 0.717) is 11.8 Å². The van der Waals surface area contributed by atoms with Crippen molar-refractivity contribution < 1.29 is 4.79 Å². The zero-order valence-electron chi connectivity index (χ0n) is 15.4. The lowest BCUT2D eigenvalue weighted by Gasteiger charge is -2.39. The summed E-state index contributed by atoms with van der Waals surface area (Å²) in [5.74, 6) is 0.665. The van der Waals surface area contributed by atoms with Crippen LogP contribution in [0.3, 0.4) is 0 Å². The SMILES string of the molecule is O=C(C1CCC1)N1CCN(c2ccnn3cc(-c4ccccc4)cc23)CC1. The quantitative estimate of drug-likeness (QED) is 0.718. The Morgan fingerprint density at radius 2 is 1.74 bits per heavy atom. The fraction of sp³-hybridized carbons (Fsp3) is 0.364. The third-order valence-electron chi connectivity index (χ3n) is 5.98. The molecular weight excluding hydrogens is 336 g/mol. The van der Waals surface area contributed by atoms with Crippen molar-refractivity contribution in [3.8, 4) is 11.1 Å². The van der Waals surface area contributed by atoms with Crippen LogP contribution in [0.1, 0.15) is 19.3 Å². The number of anilines is 1. The minimum absolute atomic E-state index is 0.295. The molecule has 2 aliphatic rings. The van der Waals surface area contributed by atoms with Gasteiger partial charge in [0.25, 0.3) is 0 Å². The molecule has 1 aliphatic carbocycles. The zero-order valence-corrected chi connectivity index (χ0v) is 15.4. The molecule has 1 saturated carbocycles. The van der Waals surface area contributed by atoms with Crippen molar-refractivity contribution in [3.05, 3.63) is 54.9 Å². The minimum atomic E-state index is 0.295. The second-order valence-electron chi connectivity index (χ2n) is 7.58. The lowest BCUT2D eigenvalue weighted by molar-refractivity contribution is -0.138. The van der Waals surface area contributed by atoms with Crippen molar-refractivity contribution in [2.24, 2.45) is 5.92 Å². The van der Waals surface area contributed by atoms with Crippen LogP contribution in [-0.2, 0) is 4.79 Å². The van der Waals surface area contributed by atoms with Crippen LogP contribution in [-0.4, -0.2) is 46.6 Å². The molecule has 3 heterocycles. The first-order valence-corrected chi connectivity index (χ1v) is 9.86. The van der Waals surface area contributed by atoms with Crippen molar-refractivity contribution in [2.45, 2.75) is 19.3 Å². The Morgan fingerprint density at radius 3 is 2.44 bits per heavy atom. The summed E-state index contributed by atoms with van der Waals surface area (Å²) in [6, 6.07) is 14.7. The van der Waals surface area contributed by atoms with Gasteiger partial charge in [-0.2, -0.15) is 5.10 Å². The fourth-order valence-corrected chi connectivity index (χ4v) is 4.14. The first kappa shape index (κ1) is 16.4. The summed E-state index contributed by atoms with van der Waals surface area (Å²) in [6.45, 7) is 3.39. The number of rotatable bonds is 3. The molecule has 2 aromatic heterocycles. The van der Waals surface area contributed by atoms with Gasteiger partial charge in [0.05, 0.1) is 11.2 Å². The Morgan fingerprint density at radius 1 is 0.963 bits per heavy atom. The highest BCUT2D eigenvalue weighted by molar-refractivity contribution is 5.81. The van der Waals surface area contributed by atoms with Crippen molar-refractivity contribution >= 4 is 17.1 Å². The highest BCUT2D eigenvalue weighted by Gasteiger charge is 2.31. The standard InChI is InChI=1S/C22H24N4O/c27-22(18-7-4-8-18)25-13-11-24(12-14-25)20-9-10-23-26-16-19(15-21(20)26)17-5-2-1-3-6-17/h1-3,5-6,9-10,15-16,18H,4,7-8,11-14H2. The van der Waals surface area contributed by atoms with Gasteiger partial charge in [-0.3, -0.25) is 4.79 Å². The Bertz CT molecular complexity index is 953. The molecule has 0 spiro atoms. The highest BCUT2D eigenvalue weighted by atomic mass is 16.2. The normalized spacial score (nSPS) is 17.9. The third-order valence-corrected chi connectivity index (χ3v) is 5.98. The van der Waals surface area contributed by atoms with E-state index in [1.165, 1.54) is 23.2 Å². The molecular formula is C22H24N4O. The molecule has 138 valence electrons. The molecule has 1 aliphatic heterocycles. The predicted molar refractivity (Wildman–Crippen MR) is 107 cm³/mol. The van der Waals surface area contributed by atoms with Crippen LogP contribution in [0.15, 0.2) is 54.9 Å². The molecule has 0 radical (unpaired) electrons. The summed E-state index contributed by atoms with van der Waals surface area (Å²) < 4.78 is 1.96. The molecule has 1 aromatic carbocycles. The molecule has 3 aromatic rings. The van der Waals surface area contributed by atoms with Crippen LogP contribution in [0.2, 0.25) is 0 Å². The van der Waals surface area contributed by atoms with Crippen LogP contribution in [0, 0.1) is 5.92 Å². The van der Waals surface area contributed by atoms with Gasteiger partial charge in [0.2, 0.25) is 5.91 Å². The summed E-state index contributed by atoms with van der Waals surface area (Å²) in [5.41, 5.74) is 4.69. The molecule has 0 N–H and O–H groups in total. The molecule has 0 unspecified atom stereocenters. The fourth-order valence-electron chi connectivity index (χ4n) is 4.14. The topological polar surface area (TPSA) is 40.9 Å². The van der Waals surface area contributed by atoms with Crippen molar-refractivity contribution in [1.82, 2.24) is 14.5 Å². The number of hydrogen-bond donors (Lipinski definition) is 0. The minimum Gasteiger partial charge on any atom is -0.366 e. The van der Waals surface area contributed by atoms with E-state index in [9.17, 15) is 4.79 Å². The number of hydrogen-bond acceptors (Lipinski definition) is 3. The monoisotopic (exact) mass is 360 g/mol. The smallest absolute Gasteiger partial charge is 0.225 e. The average molecular weight is 360 g/mol. The average Bonchev–Trinajstić information content (AvgIpc) is 3.12. The highest BCUT2D eigenvalue weighted by Crippen LogP contribution is 2.31. The van der Waals surface area contributed by atoms with Crippen LogP contribution in [0.5, 0.6) is 0 Å². The largest absolute Gasteiger partial charge is 0.366 e. The van der Waals surface area contributed by atoms with Gasteiger partial charge >= 0.3 is 0 Å². The predicted octanol–water partition coefficient (Wildman–Crippen LogP) is 3.45. The molecule has 27 heavy (non-hydrogen) atoms. The number of nitrogens with zero attached hydrogens (tertiary/aromatic N) is 4. The van der Waals surface area contributed by atoms with E-state index >= 15 is 0 Å². The number of carbonyl (C=O) groups is 1. The summed E-state index contributed by atoms with van der Waals surface area (Å²) in [6.07, 6.45) is 7.32. The molecule has 0 bridgehead atoms. The van der Waals surface area contributed by atoms with Gasteiger partial charge < -0.3 is 9.80 Å². The summed E-state index contributed by atoms with van der Waals surface area (Å²) in [7, 11) is 0. The van der Waals surface area contributed by atoms with E-state index in [1.54, 1.807) is 0 Å². The Hall–Kier alpha value is -2.82. The maximum atomic E-state index is 12.5. The molecule has 1 amide bonds. The van der Waals surface area contributed by atoms with E-state index in [-0.39, 0.29) is 0 Å². The van der Waals surface area contributed by atoms with E-state index < -0.39 is 0 Å². The van der Waals surface area contributed by atoms with Crippen molar-refractivity contribution in [2.75, 3.05) is 31.1 Å². The van der Waals surface area contributed by atoms with Crippen LogP contribution in [0.4, 0.5) is 5.69 Å². The molecule has 5 rings (SSSR count). The maximum absolute atomic E-state index is 12.5. The van der Waals surface area contributed by atoms with Gasteiger partial charge in [0.1, 0.15) is 0 Å². The Labute approximate surface area is 159 Å². The lowest BCUT2D eigenvalue weighted by atomic mass is 9.84. The summed E-state index contributed by atoms with van der Waals surface area (Å²) in [5, 5.41) is 4.49. The van der Waals surface area contributed by atoms with Gasteiger partial charge in [-0.25, -0.2) is 4.52 Å². The Kier molecular flexibility index (Phi) is 4.07. The van der Waals surface area contributed by atoms with E-state index in [1.807, 2.05) is 16.8 Å². The Balaban J connectivity index is 1.37. The number of fused-ring (bicyclic) bond motifs is 1.